The Morgan fingerprint density at radius 1 is 1.32 bits per heavy atom. The van der Waals surface area contributed by atoms with E-state index in [-0.39, 0.29) is 23.8 Å². The summed E-state index contributed by atoms with van der Waals surface area (Å²) >= 11 is 0. The molecule has 0 aliphatic heterocycles. The Kier molecular flexibility index (Phi) is 5.55. The highest BCUT2D eigenvalue weighted by Gasteiger charge is 2.25. The fourth-order valence-electron chi connectivity index (χ4n) is 2.91. The van der Waals surface area contributed by atoms with Crippen LogP contribution < -0.4 is 16.4 Å². The largest absolute Gasteiger partial charge is 0.352 e. The van der Waals surface area contributed by atoms with Crippen molar-refractivity contribution in [3.8, 4) is 0 Å². The third-order valence-electron chi connectivity index (χ3n) is 4.17. The topological polar surface area (TPSA) is 84.2 Å². The highest BCUT2D eigenvalue weighted by Crippen LogP contribution is 2.25. The molecule has 120 valence electrons. The van der Waals surface area contributed by atoms with Crippen LogP contribution in [-0.4, -0.2) is 24.4 Å². The molecule has 1 aromatic carbocycles. The summed E-state index contributed by atoms with van der Waals surface area (Å²) in [4.78, 5) is 24.1. The number of carbonyl (C=O) groups is 2. The minimum absolute atomic E-state index is 0.00813. The SMILES string of the molecule is CCNC(=O)c1ccc(NC(=O)C2CCCC(N)C2)c(C)c1. The van der Waals surface area contributed by atoms with E-state index < -0.39 is 0 Å². The van der Waals surface area contributed by atoms with Gasteiger partial charge in [0.05, 0.1) is 0 Å². The summed E-state index contributed by atoms with van der Waals surface area (Å²) in [5.74, 6) is -0.0723. The minimum atomic E-state index is -0.0956. The number of aryl methyl sites for hydroxylation is 1. The van der Waals surface area contributed by atoms with E-state index in [2.05, 4.69) is 10.6 Å². The molecule has 0 saturated heterocycles. The zero-order chi connectivity index (χ0) is 16.1. The van der Waals surface area contributed by atoms with Crippen molar-refractivity contribution in [2.45, 2.75) is 45.6 Å². The molecule has 1 saturated carbocycles. The molecule has 2 rings (SSSR count). The number of carbonyl (C=O) groups excluding carboxylic acids is 2. The van der Waals surface area contributed by atoms with E-state index >= 15 is 0 Å². The Bertz CT molecular complexity index is 557. The second-order valence-electron chi connectivity index (χ2n) is 6.00. The van der Waals surface area contributed by atoms with Gasteiger partial charge in [-0.15, -0.1) is 0 Å². The zero-order valence-corrected chi connectivity index (χ0v) is 13.3. The van der Waals surface area contributed by atoms with Crippen molar-refractivity contribution in [2.24, 2.45) is 11.7 Å². The quantitative estimate of drug-likeness (QED) is 0.797. The van der Waals surface area contributed by atoms with Crippen LogP contribution in [0.25, 0.3) is 0 Å². The lowest BCUT2D eigenvalue weighted by atomic mass is 9.85. The summed E-state index contributed by atoms with van der Waals surface area (Å²) in [6.07, 6.45) is 3.66. The maximum Gasteiger partial charge on any atom is 0.251 e. The van der Waals surface area contributed by atoms with Gasteiger partial charge in [-0.25, -0.2) is 0 Å². The molecule has 1 fully saturated rings. The molecular weight excluding hydrogens is 278 g/mol. The third-order valence-corrected chi connectivity index (χ3v) is 4.17. The van der Waals surface area contributed by atoms with Crippen LogP contribution in [0.2, 0.25) is 0 Å². The number of amides is 2. The lowest BCUT2D eigenvalue weighted by molar-refractivity contribution is -0.120. The molecule has 1 aromatic rings. The number of rotatable bonds is 4. The summed E-state index contributed by atoms with van der Waals surface area (Å²) in [5, 5.41) is 5.74. The Morgan fingerprint density at radius 3 is 2.73 bits per heavy atom. The minimum Gasteiger partial charge on any atom is -0.352 e. The van der Waals surface area contributed by atoms with Crippen molar-refractivity contribution in [3.05, 3.63) is 29.3 Å². The van der Waals surface area contributed by atoms with E-state index in [0.29, 0.717) is 12.1 Å². The Labute approximate surface area is 131 Å². The maximum absolute atomic E-state index is 12.3. The van der Waals surface area contributed by atoms with Gasteiger partial charge in [-0.3, -0.25) is 9.59 Å². The Morgan fingerprint density at radius 2 is 2.09 bits per heavy atom. The van der Waals surface area contributed by atoms with Crippen molar-refractivity contribution in [1.29, 1.82) is 0 Å². The van der Waals surface area contributed by atoms with Crippen molar-refractivity contribution >= 4 is 17.5 Å². The summed E-state index contributed by atoms with van der Waals surface area (Å²) in [5.41, 5.74) is 8.20. The van der Waals surface area contributed by atoms with Crippen LogP contribution in [0, 0.1) is 12.8 Å². The first-order valence-corrected chi connectivity index (χ1v) is 7.96. The summed E-state index contributed by atoms with van der Waals surface area (Å²) < 4.78 is 0. The molecular formula is C17H25N3O2. The van der Waals surface area contributed by atoms with Gasteiger partial charge in [0.15, 0.2) is 0 Å². The smallest absolute Gasteiger partial charge is 0.251 e. The van der Waals surface area contributed by atoms with Crippen molar-refractivity contribution in [2.75, 3.05) is 11.9 Å². The number of anilines is 1. The number of hydrogen-bond donors (Lipinski definition) is 3. The molecule has 1 aliphatic rings. The normalized spacial score (nSPS) is 21.2. The first-order valence-electron chi connectivity index (χ1n) is 7.96. The second-order valence-corrected chi connectivity index (χ2v) is 6.00. The van der Waals surface area contributed by atoms with E-state index in [4.69, 9.17) is 5.73 Å². The molecule has 0 radical (unpaired) electrons. The van der Waals surface area contributed by atoms with E-state index in [9.17, 15) is 9.59 Å². The van der Waals surface area contributed by atoms with Crippen molar-refractivity contribution < 1.29 is 9.59 Å². The molecule has 0 aromatic heterocycles. The monoisotopic (exact) mass is 303 g/mol. The molecule has 0 spiro atoms. The van der Waals surface area contributed by atoms with Crippen LogP contribution in [-0.2, 0) is 4.79 Å². The Balaban J connectivity index is 2.03. The standard InChI is InChI=1S/C17H25N3O2/c1-3-19-16(21)13-7-8-15(11(2)9-13)20-17(22)12-5-4-6-14(18)10-12/h7-9,12,14H,3-6,10,18H2,1-2H3,(H,19,21)(H,20,22). The van der Waals surface area contributed by atoms with Crippen LogP contribution in [0.15, 0.2) is 18.2 Å². The first-order chi connectivity index (χ1) is 10.5. The van der Waals surface area contributed by atoms with Gasteiger partial charge in [0.2, 0.25) is 5.91 Å². The molecule has 0 bridgehead atoms. The summed E-state index contributed by atoms with van der Waals surface area (Å²) in [7, 11) is 0. The number of nitrogens with two attached hydrogens (primary N) is 1. The molecule has 4 N–H and O–H groups in total. The van der Waals surface area contributed by atoms with Crippen LogP contribution in [0.3, 0.4) is 0 Å². The average Bonchev–Trinajstić information content (AvgIpc) is 2.49. The van der Waals surface area contributed by atoms with Crippen LogP contribution in [0.1, 0.15) is 48.5 Å². The van der Waals surface area contributed by atoms with Gasteiger partial charge in [-0.1, -0.05) is 6.42 Å². The van der Waals surface area contributed by atoms with Gasteiger partial charge in [0.25, 0.3) is 5.91 Å². The molecule has 22 heavy (non-hydrogen) atoms. The van der Waals surface area contributed by atoms with Gasteiger partial charge in [-0.05, 0) is 56.9 Å². The second kappa shape index (κ2) is 7.40. The summed E-state index contributed by atoms with van der Waals surface area (Å²) in [6.45, 7) is 4.37. The lowest BCUT2D eigenvalue weighted by Crippen LogP contribution is -2.34. The molecule has 5 heteroatoms. The number of nitrogens with one attached hydrogen (secondary N) is 2. The van der Waals surface area contributed by atoms with Gasteiger partial charge >= 0.3 is 0 Å². The average molecular weight is 303 g/mol. The lowest BCUT2D eigenvalue weighted by Gasteiger charge is -2.26. The van der Waals surface area contributed by atoms with Gasteiger partial charge < -0.3 is 16.4 Å². The van der Waals surface area contributed by atoms with Crippen molar-refractivity contribution in [1.82, 2.24) is 5.32 Å². The summed E-state index contributed by atoms with van der Waals surface area (Å²) in [6, 6.07) is 5.46. The fraction of sp³-hybridized carbons (Fsp3) is 0.529. The van der Waals surface area contributed by atoms with E-state index in [1.165, 1.54) is 0 Å². The van der Waals surface area contributed by atoms with Crippen LogP contribution >= 0.6 is 0 Å². The van der Waals surface area contributed by atoms with E-state index in [1.807, 2.05) is 13.8 Å². The molecule has 2 amide bonds. The van der Waals surface area contributed by atoms with Gasteiger partial charge in [-0.2, -0.15) is 0 Å². The van der Waals surface area contributed by atoms with Crippen LogP contribution in [0.4, 0.5) is 5.69 Å². The first kappa shape index (κ1) is 16.5. The molecule has 2 unspecified atom stereocenters. The van der Waals surface area contributed by atoms with Gasteiger partial charge in [0.1, 0.15) is 0 Å². The molecule has 1 aliphatic carbocycles. The fourth-order valence-corrected chi connectivity index (χ4v) is 2.91. The molecule has 2 atom stereocenters. The highest BCUT2D eigenvalue weighted by molar-refractivity contribution is 5.97. The van der Waals surface area contributed by atoms with Gasteiger partial charge in [0, 0.05) is 29.8 Å². The predicted molar refractivity (Wildman–Crippen MR) is 87.7 cm³/mol. The third kappa shape index (κ3) is 4.07. The molecule has 5 nitrogen and oxygen atoms in total. The molecule has 0 heterocycles. The van der Waals surface area contributed by atoms with E-state index in [0.717, 1.165) is 36.9 Å². The number of hydrogen-bond acceptors (Lipinski definition) is 3. The Hall–Kier alpha value is -1.88. The number of benzene rings is 1. The maximum atomic E-state index is 12.3. The van der Waals surface area contributed by atoms with Crippen LogP contribution in [0.5, 0.6) is 0 Å². The van der Waals surface area contributed by atoms with Crippen molar-refractivity contribution in [3.63, 3.8) is 0 Å². The highest BCUT2D eigenvalue weighted by atomic mass is 16.2. The zero-order valence-electron chi connectivity index (χ0n) is 13.3. The predicted octanol–water partition coefficient (Wildman–Crippen LogP) is 2.20. The van der Waals surface area contributed by atoms with E-state index in [1.54, 1.807) is 18.2 Å².